The molecule has 2 aliphatic heterocycles. The fourth-order valence-corrected chi connectivity index (χ4v) is 6.20. The number of hydrogen-bond acceptors (Lipinski definition) is 3. The first-order chi connectivity index (χ1) is 16.1. The van der Waals surface area contributed by atoms with E-state index in [0.717, 1.165) is 51.1 Å². The molecule has 1 aromatic heterocycles. The van der Waals surface area contributed by atoms with Gasteiger partial charge >= 0.3 is 0 Å². The van der Waals surface area contributed by atoms with E-state index in [-0.39, 0.29) is 11.7 Å². The Hall–Kier alpha value is -2.50. The maximum atomic E-state index is 13.3. The van der Waals surface area contributed by atoms with Crippen molar-refractivity contribution in [3.8, 4) is 0 Å². The molecule has 0 saturated carbocycles. The lowest BCUT2D eigenvalue weighted by atomic mass is 9.87. The molecule has 2 unspecified atom stereocenters. The Morgan fingerprint density at radius 3 is 2.36 bits per heavy atom. The number of piperidine rings is 1. The fraction of sp³-hybridized carbons (Fsp3) is 0.393. The summed E-state index contributed by atoms with van der Waals surface area (Å²) in [6, 6.07) is 17.2. The van der Waals surface area contributed by atoms with E-state index in [2.05, 4.69) is 26.6 Å². The van der Waals surface area contributed by atoms with Crippen LogP contribution in [-0.4, -0.2) is 48.4 Å². The van der Waals surface area contributed by atoms with Gasteiger partial charge in [-0.1, -0.05) is 29.8 Å². The van der Waals surface area contributed by atoms with Crippen LogP contribution in [0.4, 0.5) is 4.39 Å². The van der Waals surface area contributed by atoms with Crippen molar-refractivity contribution in [1.82, 2.24) is 9.80 Å². The summed E-state index contributed by atoms with van der Waals surface area (Å²) in [5.41, 5.74) is 4.57. The van der Waals surface area contributed by atoms with Crippen molar-refractivity contribution < 1.29 is 9.18 Å². The minimum atomic E-state index is -0.165. The van der Waals surface area contributed by atoms with Gasteiger partial charge in [-0.2, -0.15) is 11.3 Å². The van der Waals surface area contributed by atoms with Gasteiger partial charge in [0, 0.05) is 31.1 Å². The Labute approximate surface area is 199 Å². The van der Waals surface area contributed by atoms with Crippen molar-refractivity contribution in [2.45, 2.75) is 31.6 Å². The van der Waals surface area contributed by atoms with Crippen LogP contribution in [0, 0.1) is 18.7 Å². The number of likely N-dealkylation sites (tertiary alicyclic amines) is 2. The highest BCUT2D eigenvalue weighted by molar-refractivity contribution is 7.08. The van der Waals surface area contributed by atoms with Crippen LogP contribution in [0.5, 0.6) is 0 Å². The Morgan fingerprint density at radius 2 is 1.70 bits per heavy atom. The average molecular weight is 463 g/mol. The summed E-state index contributed by atoms with van der Waals surface area (Å²) in [4.78, 5) is 17.9. The lowest BCUT2D eigenvalue weighted by Crippen LogP contribution is -2.38. The van der Waals surface area contributed by atoms with E-state index in [9.17, 15) is 9.18 Å². The standard InChI is InChI=1S/C28H31FN2OS/c1-20-2-4-23(5-3-20)28(32)31-17-25(27(18-31)24-12-15-33-19-24)16-30-13-10-22(11-14-30)21-6-8-26(29)9-7-21/h2-9,12,15,19,22,25,27H,10-11,13-14,16-18H2,1H3. The van der Waals surface area contributed by atoms with Gasteiger partial charge in [0.1, 0.15) is 5.82 Å². The molecule has 3 heterocycles. The smallest absolute Gasteiger partial charge is 0.253 e. The second-order valence-corrected chi connectivity index (χ2v) is 10.4. The molecule has 5 rings (SSSR count). The highest BCUT2D eigenvalue weighted by Crippen LogP contribution is 2.36. The second-order valence-electron chi connectivity index (χ2n) is 9.63. The molecule has 0 radical (unpaired) electrons. The number of hydrogen-bond donors (Lipinski definition) is 0. The Balaban J connectivity index is 1.24. The number of aryl methyl sites for hydroxylation is 1. The van der Waals surface area contributed by atoms with Gasteiger partial charge in [-0.25, -0.2) is 4.39 Å². The maximum Gasteiger partial charge on any atom is 0.253 e. The molecule has 2 fully saturated rings. The van der Waals surface area contributed by atoms with Gasteiger partial charge in [-0.3, -0.25) is 4.79 Å². The molecule has 0 bridgehead atoms. The fourth-order valence-electron chi connectivity index (χ4n) is 5.48. The molecule has 2 aliphatic rings. The molecule has 1 amide bonds. The summed E-state index contributed by atoms with van der Waals surface area (Å²) >= 11 is 1.74. The summed E-state index contributed by atoms with van der Waals surface area (Å²) in [5.74, 6) is 1.32. The van der Waals surface area contributed by atoms with Crippen LogP contribution < -0.4 is 0 Å². The molecule has 3 nitrogen and oxygen atoms in total. The zero-order valence-corrected chi connectivity index (χ0v) is 19.9. The van der Waals surface area contributed by atoms with Crippen LogP contribution in [0.15, 0.2) is 65.4 Å². The summed E-state index contributed by atoms with van der Waals surface area (Å²) in [6.07, 6.45) is 2.21. The van der Waals surface area contributed by atoms with E-state index in [1.807, 2.05) is 43.3 Å². The van der Waals surface area contributed by atoms with Gasteiger partial charge in [0.15, 0.2) is 0 Å². The third-order valence-electron chi connectivity index (χ3n) is 7.42. The topological polar surface area (TPSA) is 23.6 Å². The van der Waals surface area contributed by atoms with E-state index in [0.29, 0.717) is 17.8 Å². The monoisotopic (exact) mass is 462 g/mol. The number of benzene rings is 2. The zero-order valence-electron chi connectivity index (χ0n) is 19.1. The Bertz CT molecular complexity index is 1060. The molecule has 33 heavy (non-hydrogen) atoms. The predicted molar refractivity (Wildman–Crippen MR) is 132 cm³/mol. The molecule has 172 valence electrons. The Kier molecular flexibility index (Phi) is 6.61. The number of nitrogens with zero attached hydrogens (tertiary/aromatic N) is 2. The SMILES string of the molecule is Cc1ccc(C(=O)N2CC(CN3CCC(c4ccc(F)cc4)CC3)C(c3ccsc3)C2)cc1. The summed E-state index contributed by atoms with van der Waals surface area (Å²) in [7, 11) is 0. The van der Waals surface area contributed by atoms with Crippen molar-refractivity contribution >= 4 is 17.2 Å². The maximum absolute atomic E-state index is 13.3. The van der Waals surface area contributed by atoms with Crippen LogP contribution in [0.3, 0.4) is 0 Å². The molecule has 3 aromatic rings. The molecule has 5 heteroatoms. The predicted octanol–water partition coefficient (Wildman–Crippen LogP) is 5.93. The first-order valence-electron chi connectivity index (χ1n) is 11.9. The number of carbonyl (C=O) groups excluding carboxylic acids is 1. The van der Waals surface area contributed by atoms with Crippen LogP contribution in [0.25, 0.3) is 0 Å². The van der Waals surface area contributed by atoms with E-state index >= 15 is 0 Å². The van der Waals surface area contributed by atoms with Crippen LogP contribution in [0.2, 0.25) is 0 Å². The van der Waals surface area contributed by atoms with Crippen LogP contribution in [-0.2, 0) is 0 Å². The van der Waals surface area contributed by atoms with Crippen LogP contribution in [0.1, 0.15) is 51.7 Å². The molecular formula is C28H31FN2OS. The van der Waals surface area contributed by atoms with Crippen molar-refractivity contribution in [2.75, 3.05) is 32.7 Å². The number of carbonyl (C=O) groups is 1. The Morgan fingerprint density at radius 1 is 0.970 bits per heavy atom. The van der Waals surface area contributed by atoms with Gasteiger partial charge in [0.25, 0.3) is 5.91 Å². The quantitative estimate of drug-likeness (QED) is 0.469. The summed E-state index contributed by atoms with van der Waals surface area (Å²) < 4.78 is 13.3. The van der Waals surface area contributed by atoms with Gasteiger partial charge < -0.3 is 9.80 Å². The van der Waals surface area contributed by atoms with E-state index in [4.69, 9.17) is 0 Å². The minimum absolute atomic E-state index is 0.146. The normalized spacial score (nSPS) is 22.1. The first-order valence-corrected chi connectivity index (χ1v) is 12.9. The van der Waals surface area contributed by atoms with Gasteiger partial charge in [0.2, 0.25) is 0 Å². The highest BCUT2D eigenvalue weighted by atomic mass is 32.1. The van der Waals surface area contributed by atoms with Crippen molar-refractivity contribution in [3.05, 3.63) is 93.4 Å². The third kappa shape index (κ3) is 5.04. The molecule has 2 aromatic carbocycles. The average Bonchev–Trinajstić information content (AvgIpc) is 3.50. The molecule has 0 N–H and O–H groups in total. The first kappa shape index (κ1) is 22.3. The molecule has 2 atom stereocenters. The van der Waals surface area contributed by atoms with Crippen molar-refractivity contribution in [2.24, 2.45) is 5.92 Å². The molecular weight excluding hydrogens is 431 g/mol. The number of halogens is 1. The van der Waals surface area contributed by atoms with Gasteiger partial charge in [-0.05, 0) is 96.9 Å². The lowest BCUT2D eigenvalue weighted by molar-refractivity contribution is 0.0781. The van der Waals surface area contributed by atoms with Crippen LogP contribution >= 0.6 is 11.3 Å². The largest absolute Gasteiger partial charge is 0.338 e. The second kappa shape index (κ2) is 9.78. The highest BCUT2D eigenvalue weighted by Gasteiger charge is 2.38. The summed E-state index contributed by atoms with van der Waals surface area (Å²) in [6.45, 7) is 6.78. The van der Waals surface area contributed by atoms with Crippen molar-refractivity contribution in [3.63, 3.8) is 0 Å². The minimum Gasteiger partial charge on any atom is -0.338 e. The van der Waals surface area contributed by atoms with E-state index in [1.54, 1.807) is 23.5 Å². The summed E-state index contributed by atoms with van der Waals surface area (Å²) in [5, 5.41) is 4.39. The number of rotatable bonds is 5. The van der Waals surface area contributed by atoms with Gasteiger partial charge in [-0.15, -0.1) is 0 Å². The number of amides is 1. The van der Waals surface area contributed by atoms with E-state index in [1.165, 1.54) is 16.7 Å². The molecule has 0 spiro atoms. The number of thiophene rings is 1. The van der Waals surface area contributed by atoms with Gasteiger partial charge in [0.05, 0.1) is 0 Å². The molecule has 2 saturated heterocycles. The lowest BCUT2D eigenvalue weighted by Gasteiger charge is -2.34. The zero-order chi connectivity index (χ0) is 22.8. The van der Waals surface area contributed by atoms with E-state index < -0.39 is 0 Å². The molecule has 0 aliphatic carbocycles. The van der Waals surface area contributed by atoms with Crippen molar-refractivity contribution in [1.29, 1.82) is 0 Å². The third-order valence-corrected chi connectivity index (χ3v) is 8.12.